The topological polar surface area (TPSA) is 61.2 Å². The van der Waals surface area contributed by atoms with Crippen molar-refractivity contribution in [3.8, 4) is 16.9 Å². The first-order chi connectivity index (χ1) is 15.7. The summed E-state index contributed by atoms with van der Waals surface area (Å²) >= 11 is 0. The molecule has 33 heavy (non-hydrogen) atoms. The molecule has 3 aromatic carbocycles. The standard InChI is InChI=1S/C24H19F3N2O3S/c1-33(30,31)15-6-4-5-14(11-15)17-12-21-19(13-18(17)25)28-23-10-9-20(29(21)23)16-7-2-3-8-22(16)32-24(26)27/h2-8,11-13,20,24H,9-10H2,1H3/t20-/m1/s1. The molecular weight excluding hydrogens is 453 g/mol. The van der Waals surface area contributed by atoms with Crippen molar-refractivity contribution in [1.29, 1.82) is 0 Å². The first-order valence-electron chi connectivity index (χ1n) is 10.3. The molecule has 0 unspecified atom stereocenters. The maximum atomic E-state index is 15.0. The Morgan fingerprint density at radius 1 is 1.09 bits per heavy atom. The fourth-order valence-electron chi connectivity index (χ4n) is 4.45. The fourth-order valence-corrected chi connectivity index (χ4v) is 5.12. The molecule has 0 fully saturated rings. The van der Waals surface area contributed by atoms with E-state index in [1.54, 1.807) is 36.4 Å². The number of nitrogens with zero attached hydrogens (tertiary/aromatic N) is 2. The summed E-state index contributed by atoms with van der Waals surface area (Å²) in [6, 6.07) is 15.4. The van der Waals surface area contributed by atoms with Crippen molar-refractivity contribution in [1.82, 2.24) is 9.55 Å². The van der Waals surface area contributed by atoms with Gasteiger partial charge in [0.1, 0.15) is 17.4 Å². The lowest BCUT2D eigenvalue weighted by Crippen LogP contribution is -2.10. The molecule has 0 spiro atoms. The highest BCUT2D eigenvalue weighted by Gasteiger charge is 2.30. The molecule has 4 aromatic rings. The van der Waals surface area contributed by atoms with Crippen molar-refractivity contribution < 1.29 is 26.3 Å². The number of hydrogen-bond acceptors (Lipinski definition) is 4. The predicted molar refractivity (Wildman–Crippen MR) is 118 cm³/mol. The lowest BCUT2D eigenvalue weighted by molar-refractivity contribution is -0.0506. The number of halogens is 3. The Kier molecular flexibility index (Phi) is 5.16. The Labute approximate surface area is 188 Å². The average molecular weight is 472 g/mol. The molecule has 9 heteroatoms. The number of hydrogen-bond donors (Lipinski definition) is 0. The van der Waals surface area contributed by atoms with Gasteiger partial charge in [-0.2, -0.15) is 8.78 Å². The lowest BCUT2D eigenvalue weighted by atomic mass is 10.0. The van der Waals surface area contributed by atoms with Gasteiger partial charge < -0.3 is 9.30 Å². The summed E-state index contributed by atoms with van der Waals surface area (Å²) in [5, 5.41) is 0. The van der Waals surface area contributed by atoms with Crippen LogP contribution in [0.5, 0.6) is 5.75 Å². The molecule has 0 saturated carbocycles. The quantitative estimate of drug-likeness (QED) is 0.391. The molecule has 1 aromatic heterocycles. The molecule has 2 heterocycles. The molecule has 1 atom stereocenters. The minimum absolute atomic E-state index is 0.0916. The molecule has 0 saturated heterocycles. The van der Waals surface area contributed by atoms with Crippen molar-refractivity contribution in [2.75, 3.05) is 6.26 Å². The smallest absolute Gasteiger partial charge is 0.387 e. The first-order valence-corrected chi connectivity index (χ1v) is 12.2. The van der Waals surface area contributed by atoms with E-state index < -0.39 is 22.3 Å². The minimum atomic E-state index is -3.46. The van der Waals surface area contributed by atoms with Gasteiger partial charge in [-0.15, -0.1) is 0 Å². The van der Waals surface area contributed by atoms with Crippen LogP contribution in [0, 0.1) is 5.82 Å². The third-order valence-corrected chi connectivity index (χ3v) is 6.98. The molecule has 0 amide bonds. The van der Waals surface area contributed by atoms with Gasteiger partial charge >= 0.3 is 6.61 Å². The summed E-state index contributed by atoms with van der Waals surface area (Å²) in [7, 11) is -3.46. The fraction of sp³-hybridized carbons (Fsp3) is 0.208. The number of ether oxygens (including phenoxy) is 1. The van der Waals surface area contributed by atoms with Gasteiger partial charge in [0, 0.05) is 29.9 Å². The molecule has 5 nitrogen and oxygen atoms in total. The SMILES string of the molecule is CS(=O)(=O)c1cccc(-c2cc3c(cc2F)nc2n3[C@@H](c3ccccc3OC(F)F)CC2)c1. The van der Waals surface area contributed by atoms with E-state index in [0.717, 1.165) is 12.1 Å². The normalized spacial score (nSPS) is 15.8. The molecule has 0 bridgehead atoms. The zero-order valence-corrected chi connectivity index (χ0v) is 18.3. The number of alkyl halides is 2. The maximum absolute atomic E-state index is 15.0. The highest BCUT2D eigenvalue weighted by atomic mass is 32.2. The third-order valence-electron chi connectivity index (χ3n) is 5.87. The second kappa shape index (κ2) is 7.91. The van der Waals surface area contributed by atoms with E-state index in [1.165, 1.54) is 24.3 Å². The van der Waals surface area contributed by atoms with Crippen LogP contribution in [0.3, 0.4) is 0 Å². The Morgan fingerprint density at radius 2 is 1.88 bits per heavy atom. The zero-order valence-electron chi connectivity index (χ0n) is 17.5. The van der Waals surface area contributed by atoms with E-state index in [9.17, 15) is 17.2 Å². The summed E-state index contributed by atoms with van der Waals surface area (Å²) in [5.74, 6) is 0.293. The highest BCUT2D eigenvalue weighted by Crippen LogP contribution is 2.41. The van der Waals surface area contributed by atoms with Gasteiger partial charge in [-0.1, -0.05) is 30.3 Å². The predicted octanol–water partition coefficient (Wildman–Crippen LogP) is 5.38. The number of fused-ring (bicyclic) bond motifs is 3. The monoisotopic (exact) mass is 472 g/mol. The van der Waals surface area contributed by atoms with Gasteiger partial charge in [-0.05, 0) is 36.2 Å². The zero-order chi connectivity index (χ0) is 23.3. The van der Waals surface area contributed by atoms with Crippen LogP contribution in [0.15, 0.2) is 65.6 Å². The second-order valence-corrected chi connectivity index (χ2v) is 10.0. The van der Waals surface area contributed by atoms with Crippen LogP contribution in [-0.4, -0.2) is 30.8 Å². The number of aromatic nitrogens is 2. The van der Waals surface area contributed by atoms with Gasteiger partial charge in [0.15, 0.2) is 9.84 Å². The first kappa shape index (κ1) is 21.5. The van der Waals surface area contributed by atoms with E-state index in [0.29, 0.717) is 35.0 Å². The molecule has 0 radical (unpaired) electrons. The van der Waals surface area contributed by atoms with E-state index in [2.05, 4.69) is 4.98 Å². The third kappa shape index (κ3) is 3.86. The summed E-state index contributed by atoms with van der Waals surface area (Å²) < 4.78 is 71.5. The van der Waals surface area contributed by atoms with Crippen LogP contribution in [-0.2, 0) is 16.3 Å². The van der Waals surface area contributed by atoms with Crippen molar-refractivity contribution >= 4 is 20.9 Å². The lowest BCUT2D eigenvalue weighted by Gasteiger charge is -2.19. The Bertz CT molecular complexity index is 1480. The van der Waals surface area contributed by atoms with Gasteiger partial charge in [0.25, 0.3) is 0 Å². The molecule has 170 valence electrons. The summed E-state index contributed by atoms with van der Waals surface area (Å²) in [5.41, 5.74) is 2.34. The van der Waals surface area contributed by atoms with E-state index in [-0.39, 0.29) is 22.3 Å². The van der Waals surface area contributed by atoms with Crippen molar-refractivity contribution in [3.05, 3.63) is 77.9 Å². The Balaban J connectivity index is 1.66. The van der Waals surface area contributed by atoms with Crippen LogP contribution in [0.25, 0.3) is 22.2 Å². The average Bonchev–Trinajstić information content (AvgIpc) is 3.31. The number of benzene rings is 3. The largest absolute Gasteiger partial charge is 0.434 e. The molecule has 0 aliphatic carbocycles. The minimum Gasteiger partial charge on any atom is -0.434 e. The van der Waals surface area contributed by atoms with Crippen LogP contribution in [0.4, 0.5) is 13.2 Å². The number of imidazole rings is 1. The molecular formula is C24H19F3N2O3S. The summed E-state index contributed by atoms with van der Waals surface area (Å²) in [6.07, 6.45) is 2.33. The number of para-hydroxylation sites is 1. The van der Waals surface area contributed by atoms with Crippen LogP contribution in [0.1, 0.15) is 23.9 Å². The number of sulfone groups is 1. The Morgan fingerprint density at radius 3 is 2.64 bits per heavy atom. The van der Waals surface area contributed by atoms with Gasteiger partial charge in [0.2, 0.25) is 0 Å². The van der Waals surface area contributed by atoms with Crippen molar-refractivity contribution in [2.24, 2.45) is 0 Å². The summed E-state index contributed by atoms with van der Waals surface area (Å²) in [4.78, 5) is 4.64. The van der Waals surface area contributed by atoms with E-state index in [4.69, 9.17) is 4.74 Å². The maximum Gasteiger partial charge on any atom is 0.387 e. The van der Waals surface area contributed by atoms with Crippen LogP contribution >= 0.6 is 0 Å². The molecule has 5 rings (SSSR count). The second-order valence-electron chi connectivity index (χ2n) is 7.99. The van der Waals surface area contributed by atoms with Gasteiger partial charge in [-0.25, -0.2) is 17.8 Å². The molecule has 1 aliphatic heterocycles. The van der Waals surface area contributed by atoms with Gasteiger partial charge in [-0.3, -0.25) is 0 Å². The molecule has 0 N–H and O–H groups in total. The van der Waals surface area contributed by atoms with Crippen LogP contribution < -0.4 is 4.74 Å². The van der Waals surface area contributed by atoms with E-state index >= 15 is 4.39 Å². The highest BCUT2D eigenvalue weighted by molar-refractivity contribution is 7.90. The van der Waals surface area contributed by atoms with Gasteiger partial charge in [0.05, 0.1) is 22.0 Å². The number of rotatable bonds is 5. The van der Waals surface area contributed by atoms with Crippen molar-refractivity contribution in [2.45, 2.75) is 30.4 Å². The van der Waals surface area contributed by atoms with E-state index in [1.807, 2.05) is 4.57 Å². The Hall–Kier alpha value is -3.33. The number of aryl methyl sites for hydroxylation is 1. The summed E-state index contributed by atoms with van der Waals surface area (Å²) in [6.45, 7) is -2.95. The van der Waals surface area contributed by atoms with Crippen molar-refractivity contribution in [3.63, 3.8) is 0 Å². The molecule has 1 aliphatic rings. The van der Waals surface area contributed by atoms with Crippen LogP contribution in [0.2, 0.25) is 0 Å².